The molecule has 1 aromatic carbocycles. The summed E-state index contributed by atoms with van der Waals surface area (Å²) in [4.78, 5) is 0. The minimum Gasteiger partial charge on any atom is -0.490 e. The van der Waals surface area contributed by atoms with Crippen LogP contribution in [0, 0.1) is 5.92 Å². The zero-order valence-corrected chi connectivity index (χ0v) is 13.7. The second kappa shape index (κ2) is 7.89. The van der Waals surface area contributed by atoms with E-state index < -0.39 is 0 Å². The molecule has 0 bridgehead atoms. The van der Waals surface area contributed by atoms with E-state index >= 15 is 0 Å². The predicted octanol–water partition coefficient (Wildman–Crippen LogP) is 4.27. The first-order chi connectivity index (χ1) is 9.74. The van der Waals surface area contributed by atoms with E-state index in [2.05, 4.69) is 15.9 Å². The van der Waals surface area contributed by atoms with Crippen molar-refractivity contribution >= 4 is 15.9 Å². The number of ether oxygens (including phenoxy) is 2. The number of hydrogen-bond acceptors (Lipinski definition) is 3. The van der Waals surface area contributed by atoms with Gasteiger partial charge in [0.2, 0.25) is 0 Å². The second-order valence-corrected chi connectivity index (χ2v) is 6.21. The molecule has 0 amide bonds. The molecule has 0 atom stereocenters. The van der Waals surface area contributed by atoms with Crippen LogP contribution in [-0.4, -0.2) is 13.2 Å². The van der Waals surface area contributed by atoms with Gasteiger partial charge in [-0.05, 0) is 59.3 Å². The molecule has 0 heterocycles. The molecule has 1 fully saturated rings. The normalized spacial score (nSPS) is 16.1. The highest BCUT2D eigenvalue weighted by atomic mass is 79.9. The van der Waals surface area contributed by atoms with E-state index in [1.54, 1.807) is 0 Å². The lowest BCUT2D eigenvalue weighted by Crippen LogP contribution is -2.16. The van der Waals surface area contributed by atoms with Gasteiger partial charge >= 0.3 is 0 Å². The van der Waals surface area contributed by atoms with Crippen molar-refractivity contribution in [3.05, 3.63) is 22.2 Å². The average molecular weight is 342 g/mol. The summed E-state index contributed by atoms with van der Waals surface area (Å²) in [6, 6.07) is 3.99. The Kier molecular flexibility index (Phi) is 6.17. The summed E-state index contributed by atoms with van der Waals surface area (Å²) < 4.78 is 12.7. The van der Waals surface area contributed by atoms with Crippen molar-refractivity contribution < 1.29 is 9.47 Å². The van der Waals surface area contributed by atoms with Gasteiger partial charge in [-0.25, -0.2) is 0 Å². The fourth-order valence-corrected chi connectivity index (χ4v) is 3.30. The van der Waals surface area contributed by atoms with Crippen LogP contribution < -0.4 is 15.2 Å². The van der Waals surface area contributed by atoms with E-state index in [0.29, 0.717) is 19.1 Å². The Bertz CT molecular complexity index is 431. The van der Waals surface area contributed by atoms with Crippen molar-refractivity contribution in [2.75, 3.05) is 13.2 Å². The largest absolute Gasteiger partial charge is 0.490 e. The Hall–Kier alpha value is -0.740. The van der Waals surface area contributed by atoms with E-state index in [4.69, 9.17) is 15.2 Å². The molecular formula is C16H24BrNO2. The number of halogens is 1. The first-order valence-corrected chi connectivity index (χ1v) is 8.32. The number of hydrogen-bond donors (Lipinski definition) is 1. The lowest BCUT2D eigenvalue weighted by atomic mass is 9.90. The Morgan fingerprint density at radius 2 is 1.95 bits per heavy atom. The molecule has 0 saturated heterocycles. The summed E-state index contributed by atoms with van der Waals surface area (Å²) in [5, 5.41) is 0. The quantitative estimate of drug-likeness (QED) is 0.840. The van der Waals surface area contributed by atoms with Crippen LogP contribution in [0.25, 0.3) is 0 Å². The molecule has 1 saturated carbocycles. The smallest absolute Gasteiger partial charge is 0.175 e. The Morgan fingerprint density at radius 3 is 2.60 bits per heavy atom. The summed E-state index contributed by atoms with van der Waals surface area (Å²) in [6.07, 6.45) is 6.60. The van der Waals surface area contributed by atoms with Crippen molar-refractivity contribution in [2.45, 2.75) is 45.6 Å². The van der Waals surface area contributed by atoms with Crippen molar-refractivity contribution in [2.24, 2.45) is 11.7 Å². The van der Waals surface area contributed by atoms with Crippen molar-refractivity contribution in [3.8, 4) is 11.5 Å². The summed E-state index contributed by atoms with van der Waals surface area (Å²) in [7, 11) is 0. The van der Waals surface area contributed by atoms with E-state index in [0.717, 1.165) is 28.1 Å². The topological polar surface area (TPSA) is 44.5 Å². The minimum atomic E-state index is 0.502. The molecule has 4 heteroatoms. The fraction of sp³-hybridized carbons (Fsp3) is 0.625. The van der Waals surface area contributed by atoms with Crippen molar-refractivity contribution in [3.63, 3.8) is 0 Å². The summed E-state index contributed by atoms with van der Waals surface area (Å²) in [6.45, 7) is 3.89. The van der Waals surface area contributed by atoms with E-state index in [1.807, 2.05) is 19.1 Å². The van der Waals surface area contributed by atoms with Crippen LogP contribution in [0.5, 0.6) is 11.5 Å². The van der Waals surface area contributed by atoms with Crippen LogP contribution >= 0.6 is 15.9 Å². The van der Waals surface area contributed by atoms with Crippen LogP contribution in [0.2, 0.25) is 0 Å². The maximum Gasteiger partial charge on any atom is 0.175 e. The minimum absolute atomic E-state index is 0.502. The summed E-state index contributed by atoms with van der Waals surface area (Å²) in [5.74, 6) is 2.28. The van der Waals surface area contributed by atoms with Crippen LogP contribution in [0.1, 0.15) is 44.6 Å². The van der Waals surface area contributed by atoms with Gasteiger partial charge in [0.25, 0.3) is 0 Å². The maximum absolute atomic E-state index is 6.05. The molecule has 0 aliphatic heterocycles. The fourth-order valence-electron chi connectivity index (χ4n) is 2.70. The van der Waals surface area contributed by atoms with Crippen LogP contribution in [-0.2, 0) is 6.54 Å². The molecule has 0 radical (unpaired) electrons. The van der Waals surface area contributed by atoms with E-state index in [-0.39, 0.29) is 0 Å². The molecule has 1 aromatic rings. The van der Waals surface area contributed by atoms with Crippen molar-refractivity contribution in [1.82, 2.24) is 0 Å². The maximum atomic E-state index is 6.05. The highest BCUT2D eigenvalue weighted by Gasteiger charge is 2.17. The predicted molar refractivity (Wildman–Crippen MR) is 85.3 cm³/mol. The van der Waals surface area contributed by atoms with Crippen LogP contribution in [0.15, 0.2) is 16.6 Å². The molecule has 2 rings (SSSR count). The number of rotatable bonds is 6. The van der Waals surface area contributed by atoms with Gasteiger partial charge in [0, 0.05) is 6.54 Å². The third kappa shape index (κ3) is 4.13. The highest BCUT2D eigenvalue weighted by Crippen LogP contribution is 2.37. The van der Waals surface area contributed by atoms with Gasteiger partial charge in [0.05, 0.1) is 17.7 Å². The zero-order valence-electron chi connectivity index (χ0n) is 12.2. The third-order valence-electron chi connectivity index (χ3n) is 3.79. The van der Waals surface area contributed by atoms with Gasteiger partial charge in [-0.2, -0.15) is 0 Å². The van der Waals surface area contributed by atoms with Gasteiger partial charge in [-0.15, -0.1) is 0 Å². The van der Waals surface area contributed by atoms with Gasteiger partial charge in [-0.3, -0.25) is 0 Å². The molecular weight excluding hydrogens is 318 g/mol. The summed E-state index contributed by atoms with van der Waals surface area (Å²) >= 11 is 3.57. The standard InChI is InChI=1S/C16H24BrNO2/c1-2-19-15-9-13(10-18)8-14(17)16(15)20-11-12-6-4-3-5-7-12/h8-9,12H,2-7,10-11,18H2,1H3. The van der Waals surface area contributed by atoms with Crippen LogP contribution in [0.4, 0.5) is 0 Å². The van der Waals surface area contributed by atoms with Crippen LogP contribution in [0.3, 0.4) is 0 Å². The molecule has 0 unspecified atom stereocenters. The molecule has 3 nitrogen and oxygen atoms in total. The lowest BCUT2D eigenvalue weighted by molar-refractivity contribution is 0.198. The third-order valence-corrected chi connectivity index (χ3v) is 4.38. The van der Waals surface area contributed by atoms with Gasteiger partial charge in [-0.1, -0.05) is 19.3 Å². The summed E-state index contributed by atoms with van der Waals surface area (Å²) in [5.41, 5.74) is 6.75. The monoisotopic (exact) mass is 341 g/mol. The highest BCUT2D eigenvalue weighted by molar-refractivity contribution is 9.10. The zero-order chi connectivity index (χ0) is 14.4. The molecule has 0 spiro atoms. The molecule has 1 aliphatic rings. The van der Waals surface area contributed by atoms with Gasteiger partial charge in [0.15, 0.2) is 11.5 Å². The molecule has 112 valence electrons. The SMILES string of the molecule is CCOc1cc(CN)cc(Br)c1OCC1CCCCC1. The lowest BCUT2D eigenvalue weighted by Gasteiger charge is -2.23. The molecule has 1 aliphatic carbocycles. The first-order valence-electron chi connectivity index (χ1n) is 7.52. The van der Waals surface area contributed by atoms with E-state index in [1.165, 1.54) is 32.1 Å². The second-order valence-electron chi connectivity index (χ2n) is 5.36. The Balaban J connectivity index is 2.08. The van der Waals surface area contributed by atoms with Gasteiger partial charge < -0.3 is 15.2 Å². The van der Waals surface area contributed by atoms with Crippen molar-refractivity contribution in [1.29, 1.82) is 0 Å². The first kappa shape index (κ1) is 15.6. The van der Waals surface area contributed by atoms with Gasteiger partial charge in [0.1, 0.15) is 0 Å². The molecule has 20 heavy (non-hydrogen) atoms. The average Bonchev–Trinajstić information content (AvgIpc) is 2.47. The Morgan fingerprint density at radius 1 is 1.20 bits per heavy atom. The number of benzene rings is 1. The number of nitrogens with two attached hydrogens (primary N) is 1. The molecule has 2 N–H and O–H groups in total. The Labute approximate surface area is 130 Å². The molecule has 0 aromatic heterocycles. The van der Waals surface area contributed by atoms with E-state index in [9.17, 15) is 0 Å².